The summed E-state index contributed by atoms with van der Waals surface area (Å²) in [4.78, 5) is 15.8. The van der Waals surface area contributed by atoms with E-state index < -0.39 is 0 Å². The zero-order chi connectivity index (χ0) is 18.4. The van der Waals surface area contributed by atoms with Crippen LogP contribution in [0.5, 0.6) is 0 Å². The van der Waals surface area contributed by atoms with E-state index in [1.165, 1.54) is 10.9 Å². The Morgan fingerprint density at radius 1 is 1.12 bits per heavy atom. The number of hydrogen-bond acceptors (Lipinski definition) is 2. The van der Waals surface area contributed by atoms with Crippen LogP contribution in [0, 0.1) is 5.92 Å². The van der Waals surface area contributed by atoms with E-state index >= 15 is 0 Å². The molecule has 0 radical (unpaired) electrons. The Kier molecular flexibility index (Phi) is 6.08. The summed E-state index contributed by atoms with van der Waals surface area (Å²) in [6, 6.07) is 17.9. The normalized spacial score (nSPS) is 13.5. The number of H-pyrrole nitrogens is 1. The monoisotopic (exact) mass is 350 g/mol. The molecule has 1 heterocycles. The summed E-state index contributed by atoms with van der Waals surface area (Å²) in [5.41, 5.74) is 3.48. The summed E-state index contributed by atoms with van der Waals surface area (Å²) < 4.78 is 0. The van der Waals surface area contributed by atoms with Crippen molar-refractivity contribution in [1.29, 1.82) is 0 Å². The van der Waals surface area contributed by atoms with Crippen molar-refractivity contribution < 1.29 is 9.90 Å². The molecule has 26 heavy (non-hydrogen) atoms. The minimum atomic E-state index is -0.250. The fourth-order valence-electron chi connectivity index (χ4n) is 3.24. The number of carbonyl (C=O) groups is 1. The number of rotatable bonds is 8. The number of fused-ring (bicyclic) bond motifs is 1. The van der Waals surface area contributed by atoms with E-state index in [0.29, 0.717) is 6.42 Å². The lowest BCUT2D eigenvalue weighted by Crippen LogP contribution is -2.41. The fraction of sp³-hybridized carbons (Fsp3) is 0.318. The number of amides is 1. The van der Waals surface area contributed by atoms with E-state index in [1.54, 1.807) is 0 Å². The van der Waals surface area contributed by atoms with Crippen molar-refractivity contribution in [2.45, 2.75) is 32.2 Å². The third kappa shape index (κ3) is 4.52. The third-order valence-electron chi connectivity index (χ3n) is 4.86. The van der Waals surface area contributed by atoms with Gasteiger partial charge in [0.2, 0.25) is 5.91 Å². The van der Waals surface area contributed by atoms with Gasteiger partial charge in [0.25, 0.3) is 0 Å². The average molecular weight is 350 g/mol. The van der Waals surface area contributed by atoms with Crippen molar-refractivity contribution >= 4 is 16.8 Å². The first kappa shape index (κ1) is 18.2. The van der Waals surface area contributed by atoms with Gasteiger partial charge in [0.15, 0.2) is 0 Å². The molecule has 2 aromatic carbocycles. The molecular weight excluding hydrogens is 324 g/mol. The van der Waals surface area contributed by atoms with Gasteiger partial charge in [0.05, 0.1) is 12.6 Å². The van der Waals surface area contributed by atoms with Gasteiger partial charge in [-0.1, -0.05) is 55.5 Å². The highest BCUT2D eigenvalue weighted by Crippen LogP contribution is 2.20. The molecular formula is C22H26N2O2. The quantitative estimate of drug-likeness (QED) is 0.582. The van der Waals surface area contributed by atoms with Crippen molar-refractivity contribution in [2.24, 2.45) is 5.92 Å². The highest BCUT2D eigenvalue weighted by Gasteiger charge is 2.18. The van der Waals surface area contributed by atoms with Crippen LogP contribution in [0.1, 0.15) is 24.5 Å². The van der Waals surface area contributed by atoms with Crippen LogP contribution in [-0.2, 0) is 17.6 Å². The highest BCUT2D eigenvalue weighted by atomic mass is 16.3. The number of aromatic amines is 1. The van der Waals surface area contributed by atoms with E-state index in [0.717, 1.165) is 23.9 Å². The molecule has 0 aliphatic heterocycles. The lowest BCUT2D eigenvalue weighted by Gasteiger charge is -2.19. The number of aliphatic hydroxyl groups excluding tert-OH is 1. The topological polar surface area (TPSA) is 65.1 Å². The summed E-state index contributed by atoms with van der Waals surface area (Å²) in [6.07, 6.45) is 4.29. The van der Waals surface area contributed by atoms with Crippen molar-refractivity contribution in [1.82, 2.24) is 10.3 Å². The van der Waals surface area contributed by atoms with E-state index in [4.69, 9.17) is 0 Å². The molecule has 0 aliphatic carbocycles. The Labute approximate surface area is 154 Å². The minimum Gasteiger partial charge on any atom is -0.394 e. The van der Waals surface area contributed by atoms with Gasteiger partial charge in [-0.25, -0.2) is 0 Å². The van der Waals surface area contributed by atoms with Gasteiger partial charge in [-0.15, -0.1) is 0 Å². The van der Waals surface area contributed by atoms with Crippen LogP contribution < -0.4 is 5.32 Å². The molecule has 4 heteroatoms. The van der Waals surface area contributed by atoms with Gasteiger partial charge in [0.1, 0.15) is 0 Å². The van der Waals surface area contributed by atoms with E-state index in [1.807, 2.05) is 55.6 Å². The standard InChI is InChI=1S/C22H26N2O2/c1-16(11-12-18-14-23-21-10-6-5-9-20(18)21)22(26)24-19(15-25)13-17-7-3-2-4-8-17/h2-10,14,16,19,23,25H,11-13,15H2,1H3,(H,24,26). The van der Waals surface area contributed by atoms with Gasteiger partial charge < -0.3 is 15.4 Å². The number of aryl methyl sites for hydroxylation is 1. The maximum Gasteiger partial charge on any atom is 0.223 e. The molecule has 136 valence electrons. The fourth-order valence-corrected chi connectivity index (χ4v) is 3.24. The van der Waals surface area contributed by atoms with Crippen molar-refractivity contribution in [2.75, 3.05) is 6.61 Å². The smallest absolute Gasteiger partial charge is 0.223 e. The largest absolute Gasteiger partial charge is 0.394 e. The number of carbonyl (C=O) groups excluding carboxylic acids is 1. The first-order valence-corrected chi connectivity index (χ1v) is 9.17. The maximum atomic E-state index is 12.5. The lowest BCUT2D eigenvalue weighted by molar-refractivity contribution is -0.125. The maximum absolute atomic E-state index is 12.5. The number of nitrogens with one attached hydrogen (secondary N) is 2. The average Bonchev–Trinajstić information content (AvgIpc) is 3.09. The molecule has 2 atom stereocenters. The third-order valence-corrected chi connectivity index (χ3v) is 4.86. The number of benzene rings is 2. The predicted molar refractivity (Wildman–Crippen MR) is 105 cm³/mol. The first-order chi connectivity index (χ1) is 12.7. The zero-order valence-corrected chi connectivity index (χ0v) is 15.1. The van der Waals surface area contributed by atoms with Crippen LogP contribution in [0.4, 0.5) is 0 Å². The van der Waals surface area contributed by atoms with Crippen LogP contribution in [0.2, 0.25) is 0 Å². The molecule has 3 aromatic rings. The summed E-state index contributed by atoms with van der Waals surface area (Å²) in [7, 11) is 0. The zero-order valence-electron chi connectivity index (χ0n) is 15.1. The lowest BCUT2D eigenvalue weighted by atomic mass is 9.99. The van der Waals surface area contributed by atoms with Crippen LogP contribution >= 0.6 is 0 Å². The number of hydrogen-bond donors (Lipinski definition) is 3. The Hall–Kier alpha value is -2.59. The minimum absolute atomic E-state index is 0.000164. The molecule has 0 spiro atoms. The van der Waals surface area contributed by atoms with Gasteiger partial charge >= 0.3 is 0 Å². The van der Waals surface area contributed by atoms with E-state index in [9.17, 15) is 9.90 Å². The Morgan fingerprint density at radius 3 is 2.62 bits per heavy atom. The van der Waals surface area contributed by atoms with Crippen LogP contribution in [0.3, 0.4) is 0 Å². The summed E-state index contributed by atoms with van der Waals surface area (Å²) in [5.74, 6) is -0.103. The summed E-state index contributed by atoms with van der Waals surface area (Å²) in [5, 5.41) is 13.8. The SMILES string of the molecule is CC(CCc1c[nH]c2ccccc12)C(=O)NC(CO)Cc1ccccc1. The molecule has 4 nitrogen and oxygen atoms in total. The molecule has 1 amide bonds. The second-order valence-electron chi connectivity index (χ2n) is 6.88. The Morgan fingerprint density at radius 2 is 1.85 bits per heavy atom. The van der Waals surface area contributed by atoms with Crippen LogP contribution in [0.15, 0.2) is 60.8 Å². The number of para-hydroxylation sites is 1. The molecule has 2 unspecified atom stereocenters. The van der Waals surface area contributed by atoms with Crippen LogP contribution in [0.25, 0.3) is 10.9 Å². The first-order valence-electron chi connectivity index (χ1n) is 9.17. The molecule has 0 saturated heterocycles. The molecule has 0 fully saturated rings. The summed E-state index contributed by atoms with van der Waals surface area (Å²) in [6.45, 7) is 1.89. The van der Waals surface area contributed by atoms with Crippen LogP contribution in [-0.4, -0.2) is 28.6 Å². The molecule has 0 aliphatic rings. The second kappa shape index (κ2) is 8.68. The van der Waals surface area contributed by atoms with Crippen molar-refractivity contribution in [3.63, 3.8) is 0 Å². The molecule has 0 saturated carbocycles. The van der Waals surface area contributed by atoms with E-state index in [-0.39, 0.29) is 24.5 Å². The number of aromatic nitrogens is 1. The van der Waals surface area contributed by atoms with Gasteiger partial charge in [0, 0.05) is 23.0 Å². The van der Waals surface area contributed by atoms with Gasteiger partial charge in [-0.3, -0.25) is 4.79 Å². The Balaban J connectivity index is 1.53. The number of aliphatic hydroxyl groups is 1. The van der Waals surface area contributed by atoms with Gasteiger partial charge in [-0.05, 0) is 36.5 Å². The van der Waals surface area contributed by atoms with Crippen molar-refractivity contribution in [3.8, 4) is 0 Å². The van der Waals surface area contributed by atoms with E-state index in [2.05, 4.69) is 22.4 Å². The second-order valence-corrected chi connectivity index (χ2v) is 6.88. The predicted octanol–water partition coefficient (Wildman–Crippen LogP) is 3.46. The highest BCUT2D eigenvalue weighted by molar-refractivity contribution is 5.83. The molecule has 3 N–H and O–H groups in total. The Bertz CT molecular complexity index is 841. The summed E-state index contributed by atoms with van der Waals surface area (Å²) >= 11 is 0. The molecule has 3 rings (SSSR count). The van der Waals surface area contributed by atoms with Crippen molar-refractivity contribution in [3.05, 3.63) is 71.9 Å². The molecule has 0 bridgehead atoms. The molecule has 1 aromatic heterocycles. The van der Waals surface area contributed by atoms with Gasteiger partial charge in [-0.2, -0.15) is 0 Å².